The summed E-state index contributed by atoms with van der Waals surface area (Å²) in [5.74, 6) is 0.188. The van der Waals surface area contributed by atoms with Gasteiger partial charge in [-0.05, 0) is 55.5 Å². The van der Waals surface area contributed by atoms with Gasteiger partial charge in [0.15, 0.2) is 0 Å². The van der Waals surface area contributed by atoms with Crippen molar-refractivity contribution in [1.29, 1.82) is 0 Å². The first-order chi connectivity index (χ1) is 12.9. The van der Waals surface area contributed by atoms with Crippen LogP contribution in [0.25, 0.3) is 0 Å². The molecule has 0 aliphatic carbocycles. The lowest BCUT2D eigenvalue weighted by molar-refractivity contribution is -0.144. The molecule has 0 amide bonds. The molecule has 0 radical (unpaired) electrons. The van der Waals surface area contributed by atoms with E-state index in [0.717, 1.165) is 28.0 Å². The Morgan fingerprint density at radius 3 is 2.67 bits per heavy atom. The van der Waals surface area contributed by atoms with E-state index in [0.29, 0.717) is 13.0 Å². The summed E-state index contributed by atoms with van der Waals surface area (Å²) in [5, 5.41) is 11.0. The van der Waals surface area contributed by atoms with Crippen LogP contribution in [0.2, 0.25) is 0 Å². The first kappa shape index (κ1) is 19.2. The van der Waals surface area contributed by atoms with Crippen LogP contribution >= 0.6 is 0 Å². The van der Waals surface area contributed by atoms with E-state index in [1.807, 2.05) is 56.3 Å². The molecule has 0 spiro atoms. The maximum atomic E-state index is 11.8. The average molecular weight is 366 g/mol. The molecule has 1 aliphatic rings. The molecule has 0 bridgehead atoms. The highest BCUT2D eigenvalue weighted by molar-refractivity contribution is 5.71. The van der Waals surface area contributed by atoms with E-state index in [4.69, 9.17) is 9.47 Å². The molecule has 1 heterocycles. The molecule has 1 N–H and O–H groups in total. The van der Waals surface area contributed by atoms with Crippen LogP contribution in [-0.4, -0.2) is 16.7 Å². The van der Waals surface area contributed by atoms with Gasteiger partial charge in [0.2, 0.25) is 0 Å². The van der Waals surface area contributed by atoms with E-state index in [-0.39, 0.29) is 12.3 Å². The first-order valence-electron chi connectivity index (χ1n) is 9.22. The number of ether oxygens (including phenoxy) is 2. The number of benzene rings is 2. The molecule has 1 aliphatic heterocycles. The van der Waals surface area contributed by atoms with Crippen molar-refractivity contribution in [3.63, 3.8) is 0 Å². The zero-order chi connectivity index (χ0) is 19.4. The highest BCUT2D eigenvalue weighted by Crippen LogP contribution is 2.40. The Hall–Kier alpha value is -2.59. The van der Waals surface area contributed by atoms with Crippen LogP contribution < -0.4 is 4.74 Å². The molecule has 0 saturated heterocycles. The number of allylic oxidation sites excluding steroid dienone is 1. The molecule has 4 heteroatoms. The van der Waals surface area contributed by atoms with Crippen LogP contribution in [0.3, 0.4) is 0 Å². The summed E-state index contributed by atoms with van der Waals surface area (Å²) < 4.78 is 11.1. The predicted octanol–water partition coefficient (Wildman–Crippen LogP) is 4.57. The van der Waals surface area contributed by atoms with E-state index in [2.05, 4.69) is 0 Å². The Kier molecular flexibility index (Phi) is 5.66. The quantitative estimate of drug-likeness (QED) is 0.806. The van der Waals surface area contributed by atoms with E-state index >= 15 is 0 Å². The Labute approximate surface area is 160 Å². The molecule has 3 rings (SSSR count). The SMILES string of the molecule is Cc1ccc(C2C/C=C\OC(=O)CC2(C)O)c(C)c1OCc1ccccc1. The number of cyclic esters (lactones) is 1. The Balaban J connectivity index is 1.92. The van der Waals surface area contributed by atoms with Crippen molar-refractivity contribution in [2.24, 2.45) is 0 Å². The molecule has 0 fully saturated rings. The molecule has 4 nitrogen and oxygen atoms in total. The van der Waals surface area contributed by atoms with Crippen molar-refractivity contribution in [2.75, 3.05) is 0 Å². The number of carbonyl (C=O) groups is 1. The predicted molar refractivity (Wildman–Crippen MR) is 105 cm³/mol. The van der Waals surface area contributed by atoms with Gasteiger partial charge < -0.3 is 14.6 Å². The van der Waals surface area contributed by atoms with Crippen LogP contribution in [0, 0.1) is 13.8 Å². The van der Waals surface area contributed by atoms with E-state index in [9.17, 15) is 9.90 Å². The lowest BCUT2D eigenvalue weighted by Crippen LogP contribution is -2.36. The molecule has 2 unspecified atom stereocenters. The van der Waals surface area contributed by atoms with Crippen LogP contribution in [0.5, 0.6) is 5.75 Å². The number of hydrogen-bond donors (Lipinski definition) is 1. The van der Waals surface area contributed by atoms with Crippen molar-refractivity contribution >= 4 is 5.97 Å². The summed E-state index contributed by atoms with van der Waals surface area (Å²) in [6.07, 6.45) is 3.75. The maximum absolute atomic E-state index is 11.8. The molecular formula is C23H26O4. The first-order valence-corrected chi connectivity index (χ1v) is 9.22. The normalized spacial score (nSPS) is 23.9. The molecule has 2 aromatic carbocycles. The number of hydrogen-bond acceptors (Lipinski definition) is 4. The van der Waals surface area contributed by atoms with Gasteiger partial charge >= 0.3 is 5.97 Å². The van der Waals surface area contributed by atoms with Gasteiger partial charge in [0, 0.05) is 5.92 Å². The number of rotatable bonds is 4. The zero-order valence-electron chi connectivity index (χ0n) is 16.1. The fourth-order valence-electron chi connectivity index (χ4n) is 3.66. The monoisotopic (exact) mass is 366 g/mol. The van der Waals surface area contributed by atoms with Crippen molar-refractivity contribution in [3.05, 3.63) is 77.1 Å². The summed E-state index contributed by atoms with van der Waals surface area (Å²) in [6.45, 7) is 6.21. The molecule has 27 heavy (non-hydrogen) atoms. The lowest BCUT2D eigenvalue weighted by atomic mass is 9.77. The topological polar surface area (TPSA) is 55.8 Å². The fraction of sp³-hybridized carbons (Fsp3) is 0.348. The van der Waals surface area contributed by atoms with Crippen LogP contribution in [-0.2, 0) is 16.1 Å². The number of esters is 1. The summed E-state index contributed by atoms with van der Waals surface area (Å²) in [4.78, 5) is 11.8. The minimum Gasteiger partial charge on any atom is -0.488 e. The smallest absolute Gasteiger partial charge is 0.313 e. The minimum atomic E-state index is -1.20. The molecule has 2 aromatic rings. The van der Waals surface area contributed by atoms with Crippen molar-refractivity contribution in [3.8, 4) is 5.75 Å². The van der Waals surface area contributed by atoms with Gasteiger partial charge in [-0.25, -0.2) is 0 Å². The van der Waals surface area contributed by atoms with Gasteiger partial charge in [-0.15, -0.1) is 0 Å². The lowest BCUT2D eigenvalue weighted by Gasteiger charge is -2.34. The Bertz CT molecular complexity index is 837. The van der Waals surface area contributed by atoms with Gasteiger partial charge in [0.1, 0.15) is 12.4 Å². The molecule has 0 aromatic heterocycles. The fourth-order valence-corrected chi connectivity index (χ4v) is 3.66. The molecule has 0 saturated carbocycles. The third-order valence-corrected chi connectivity index (χ3v) is 5.17. The van der Waals surface area contributed by atoms with Gasteiger partial charge in [-0.2, -0.15) is 0 Å². The maximum Gasteiger partial charge on any atom is 0.313 e. The van der Waals surface area contributed by atoms with Gasteiger partial charge in [0.05, 0.1) is 18.3 Å². The number of aryl methyl sites for hydroxylation is 1. The Morgan fingerprint density at radius 1 is 1.19 bits per heavy atom. The zero-order valence-corrected chi connectivity index (χ0v) is 16.1. The van der Waals surface area contributed by atoms with Gasteiger partial charge in [-0.1, -0.05) is 42.5 Å². The third kappa shape index (κ3) is 4.40. The summed E-state index contributed by atoms with van der Waals surface area (Å²) in [5.41, 5.74) is 2.95. The highest BCUT2D eigenvalue weighted by Gasteiger charge is 2.37. The van der Waals surface area contributed by atoms with E-state index in [1.165, 1.54) is 6.26 Å². The van der Waals surface area contributed by atoms with Gasteiger partial charge in [-0.3, -0.25) is 4.79 Å². The summed E-state index contributed by atoms with van der Waals surface area (Å²) in [7, 11) is 0. The number of carbonyl (C=O) groups excluding carboxylic acids is 1. The Morgan fingerprint density at radius 2 is 1.93 bits per heavy atom. The largest absolute Gasteiger partial charge is 0.488 e. The molecular weight excluding hydrogens is 340 g/mol. The minimum absolute atomic E-state index is 0.0461. The van der Waals surface area contributed by atoms with E-state index < -0.39 is 11.6 Å². The van der Waals surface area contributed by atoms with Crippen LogP contribution in [0.1, 0.15) is 47.9 Å². The molecule has 2 atom stereocenters. The second-order valence-electron chi connectivity index (χ2n) is 7.38. The van der Waals surface area contributed by atoms with Crippen LogP contribution in [0.15, 0.2) is 54.8 Å². The highest BCUT2D eigenvalue weighted by atomic mass is 16.5. The second-order valence-corrected chi connectivity index (χ2v) is 7.38. The second kappa shape index (κ2) is 7.97. The standard InChI is InChI=1S/C23H26O4/c1-16-11-12-19(20-10-7-13-26-21(24)14-23(20,3)25)17(2)22(16)27-15-18-8-5-4-6-9-18/h4-9,11-13,20,25H,10,14-15H2,1-3H3/b13-7-. The van der Waals surface area contributed by atoms with Crippen molar-refractivity contribution in [2.45, 2.75) is 51.7 Å². The third-order valence-electron chi connectivity index (χ3n) is 5.17. The van der Waals surface area contributed by atoms with E-state index in [1.54, 1.807) is 13.0 Å². The molecule has 142 valence electrons. The summed E-state index contributed by atoms with van der Waals surface area (Å²) >= 11 is 0. The average Bonchev–Trinajstić information content (AvgIpc) is 2.62. The van der Waals surface area contributed by atoms with Crippen molar-refractivity contribution in [1.82, 2.24) is 0 Å². The van der Waals surface area contributed by atoms with Gasteiger partial charge in [0.25, 0.3) is 0 Å². The van der Waals surface area contributed by atoms with Crippen LogP contribution in [0.4, 0.5) is 0 Å². The number of aliphatic hydroxyl groups is 1. The van der Waals surface area contributed by atoms with Crippen molar-refractivity contribution < 1.29 is 19.4 Å². The summed E-state index contributed by atoms with van der Waals surface area (Å²) in [6, 6.07) is 14.1.